The van der Waals surface area contributed by atoms with Crippen molar-refractivity contribution < 1.29 is 4.74 Å². The number of aromatic nitrogens is 4. The number of nitrogens with two attached hydrogens (primary N) is 1. The minimum atomic E-state index is -0.350. The standard InChI is InChI=1S/C12H16BrN5O/c1-12(2,19-3)7-18-11(15-16-17-18)9-6-8(14)4-5-10(9)13/h4-6H,7,14H2,1-3H3. The summed E-state index contributed by atoms with van der Waals surface area (Å²) in [6.07, 6.45) is 0. The molecule has 2 aromatic rings. The monoisotopic (exact) mass is 325 g/mol. The number of benzene rings is 1. The van der Waals surface area contributed by atoms with E-state index in [4.69, 9.17) is 10.5 Å². The third-order valence-electron chi connectivity index (χ3n) is 2.85. The number of ether oxygens (including phenoxy) is 1. The Balaban J connectivity index is 2.42. The molecule has 0 unspecified atom stereocenters. The predicted molar refractivity (Wildman–Crippen MR) is 76.5 cm³/mol. The molecular formula is C12H16BrN5O. The van der Waals surface area contributed by atoms with Gasteiger partial charge in [0.25, 0.3) is 0 Å². The Morgan fingerprint density at radius 3 is 2.84 bits per heavy atom. The first-order valence-corrected chi connectivity index (χ1v) is 6.59. The van der Waals surface area contributed by atoms with Gasteiger partial charge >= 0.3 is 0 Å². The van der Waals surface area contributed by atoms with Gasteiger partial charge in [0.1, 0.15) is 0 Å². The van der Waals surface area contributed by atoms with Crippen LogP contribution >= 0.6 is 15.9 Å². The molecule has 0 atom stereocenters. The zero-order valence-electron chi connectivity index (χ0n) is 11.1. The average Bonchev–Trinajstić information content (AvgIpc) is 2.79. The molecule has 7 heteroatoms. The SMILES string of the molecule is COC(C)(C)Cn1nnnc1-c1cc(N)ccc1Br. The van der Waals surface area contributed by atoms with Crippen molar-refractivity contribution in [3.63, 3.8) is 0 Å². The van der Waals surface area contributed by atoms with Gasteiger partial charge in [-0.1, -0.05) is 15.9 Å². The van der Waals surface area contributed by atoms with E-state index in [9.17, 15) is 0 Å². The Labute approximate surface area is 120 Å². The predicted octanol–water partition coefficient (Wildman–Crippen LogP) is 2.11. The van der Waals surface area contributed by atoms with Crippen LogP contribution in [0.15, 0.2) is 22.7 Å². The second-order valence-electron chi connectivity index (χ2n) is 4.86. The second-order valence-corrected chi connectivity index (χ2v) is 5.72. The first-order chi connectivity index (χ1) is 8.93. The summed E-state index contributed by atoms with van der Waals surface area (Å²) in [7, 11) is 1.67. The van der Waals surface area contributed by atoms with Crippen molar-refractivity contribution in [1.29, 1.82) is 0 Å². The van der Waals surface area contributed by atoms with Crippen molar-refractivity contribution in [2.75, 3.05) is 12.8 Å². The highest BCUT2D eigenvalue weighted by molar-refractivity contribution is 9.10. The summed E-state index contributed by atoms with van der Waals surface area (Å²) in [4.78, 5) is 0. The highest BCUT2D eigenvalue weighted by Gasteiger charge is 2.21. The molecule has 102 valence electrons. The normalized spacial score (nSPS) is 11.8. The van der Waals surface area contributed by atoms with E-state index in [0.717, 1.165) is 10.0 Å². The minimum Gasteiger partial charge on any atom is -0.399 e. The lowest BCUT2D eigenvalue weighted by atomic mass is 10.1. The van der Waals surface area contributed by atoms with E-state index in [0.29, 0.717) is 18.1 Å². The number of rotatable bonds is 4. The lowest BCUT2D eigenvalue weighted by Gasteiger charge is -2.22. The fourth-order valence-electron chi connectivity index (χ4n) is 1.64. The lowest BCUT2D eigenvalue weighted by Crippen LogP contribution is -2.30. The van der Waals surface area contributed by atoms with Crippen LogP contribution in [0.1, 0.15) is 13.8 Å². The summed E-state index contributed by atoms with van der Waals surface area (Å²) in [5.74, 6) is 0.657. The first kappa shape index (κ1) is 14.0. The summed E-state index contributed by atoms with van der Waals surface area (Å²) in [5, 5.41) is 11.8. The third kappa shape index (κ3) is 3.10. The molecule has 2 rings (SSSR count). The molecule has 1 heterocycles. The fourth-order valence-corrected chi connectivity index (χ4v) is 2.07. The first-order valence-electron chi connectivity index (χ1n) is 5.80. The molecule has 19 heavy (non-hydrogen) atoms. The van der Waals surface area contributed by atoms with Crippen molar-refractivity contribution in [2.24, 2.45) is 0 Å². The number of hydrogen-bond donors (Lipinski definition) is 1. The van der Waals surface area contributed by atoms with Crippen LogP contribution in [0, 0.1) is 0 Å². The molecule has 0 aliphatic carbocycles. The zero-order valence-corrected chi connectivity index (χ0v) is 12.7. The van der Waals surface area contributed by atoms with E-state index >= 15 is 0 Å². The molecule has 0 saturated heterocycles. The van der Waals surface area contributed by atoms with Crippen LogP contribution < -0.4 is 5.73 Å². The van der Waals surface area contributed by atoms with Crippen LogP contribution in [0.5, 0.6) is 0 Å². The number of methoxy groups -OCH3 is 1. The number of nitrogens with zero attached hydrogens (tertiary/aromatic N) is 4. The zero-order chi connectivity index (χ0) is 14.0. The van der Waals surface area contributed by atoms with Gasteiger partial charge in [0.15, 0.2) is 5.82 Å². The fraction of sp³-hybridized carbons (Fsp3) is 0.417. The Kier molecular flexibility index (Phi) is 3.86. The number of hydrogen-bond acceptors (Lipinski definition) is 5. The van der Waals surface area contributed by atoms with Crippen molar-refractivity contribution in [3.8, 4) is 11.4 Å². The quantitative estimate of drug-likeness (QED) is 0.871. The van der Waals surface area contributed by atoms with E-state index < -0.39 is 0 Å². The van der Waals surface area contributed by atoms with Crippen LogP contribution in [-0.4, -0.2) is 32.9 Å². The molecule has 0 aliphatic rings. The maximum absolute atomic E-state index is 5.81. The summed E-state index contributed by atoms with van der Waals surface area (Å²) in [6.45, 7) is 4.51. The minimum absolute atomic E-state index is 0.350. The van der Waals surface area contributed by atoms with E-state index in [1.165, 1.54) is 0 Å². The molecule has 0 fully saturated rings. The van der Waals surface area contributed by atoms with Crippen LogP contribution in [0.3, 0.4) is 0 Å². The van der Waals surface area contributed by atoms with Gasteiger partial charge in [-0.15, -0.1) is 5.10 Å². The Hall–Kier alpha value is -1.47. The van der Waals surface area contributed by atoms with Crippen molar-refractivity contribution in [3.05, 3.63) is 22.7 Å². The molecule has 1 aromatic carbocycles. The Bertz CT molecular complexity index is 581. The van der Waals surface area contributed by atoms with Gasteiger partial charge in [-0.3, -0.25) is 0 Å². The van der Waals surface area contributed by atoms with Gasteiger partial charge in [-0.2, -0.15) is 0 Å². The Morgan fingerprint density at radius 1 is 1.42 bits per heavy atom. The molecule has 0 aliphatic heterocycles. The molecule has 0 bridgehead atoms. The number of halogens is 1. The van der Waals surface area contributed by atoms with Gasteiger partial charge in [-0.25, -0.2) is 4.68 Å². The van der Waals surface area contributed by atoms with E-state index in [1.54, 1.807) is 11.8 Å². The van der Waals surface area contributed by atoms with Gasteiger partial charge in [0.2, 0.25) is 0 Å². The average molecular weight is 326 g/mol. The summed E-state index contributed by atoms with van der Waals surface area (Å²) in [5.41, 5.74) is 6.99. The number of nitrogen functional groups attached to an aromatic ring is 1. The van der Waals surface area contributed by atoms with Crippen molar-refractivity contribution in [2.45, 2.75) is 26.0 Å². The molecular weight excluding hydrogens is 310 g/mol. The molecule has 0 radical (unpaired) electrons. The molecule has 0 saturated carbocycles. The van der Waals surface area contributed by atoms with Gasteiger partial charge in [0, 0.05) is 22.8 Å². The highest BCUT2D eigenvalue weighted by Crippen LogP contribution is 2.28. The second kappa shape index (κ2) is 5.26. The summed E-state index contributed by atoms with van der Waals surface area (Å²) < 4.78 is 8.01. The van der Waals surface area contributed by atoms with Crippen LogP contribution in [0.25, 0.3) is 11.4 Å². The number of tetrazole rings is 1. The summed E-state index contributed by atoms with van der Waals surface area (Å²) >= 11 is 3.49. The largest absolute Gasteiger partial charge is 0.399 e. The molecule has 0 amide bonds. The summed E-state index contributed by atoms with van der Waals surface area (Å²) in [6, 6.07) is 5.54. The smallest absolute Gasteiger partial charge is 0.183 e. The lowest BCUT2D eigenvalue weighted by molar-refractivity contribution is 0.00538. The van der Waals surface area contributed by atoms with Gasteiger partial charge in [-0.05, 0) is 42.5 Å². The van der Waals surface area contributed by atoms with Crippen LogP contribution in [0.4, 0.5) is 5.69 Å². The van der Waals surface area contributed by atoms with Gasteiger partial charge < -0.3 is 10.5 Å². The molecule has 0 spiro atoms. The molecule has 2 N–H and O–H groups in total. The molecule has 6 nitrogen and oxygen atoms in total. The van der Waals surface area contributed by atoms with E-state index in [-0.39, 0.29) is 5.60 Å². The van der Waals surface area contributed by atoms with Crippen molar-refractivity contribution >= 4 is 21.6 Å². The van der Waals surface area contributed by atoms with E-state index in [2.05, 4.69) is 31.5 Å². The van der Waals surface area contributed by atoms with Gasteiger partial charge in [0.05, 0.1) is 12.1 Å². The van der Waals surface area contributed by atoms with Crippen LogP contribution in [-0.2, 0) is 11.3 Å². The Morgan fingerprint density at radius 2 is 2.16 bits per heavy atom. The van der Waals surface area contributed by atoms with E-state index in [1.807, 2.05) is 32.0 Å². The number of anilines is 1. The maximum atomic E-state index is 5.81. The van der Waals surface area contributed by atoms with Crippen LogP contribution in [0.2, 0.25) is 0 Å². The third-order valence-corrected chi connectivity index (χ3v) is 3.54. The molecule has 1 aromatic heterocycles. The van der Waals surface area contributed by atoms with Crippen molar-refractivity contribution in [1.82, 2.24) is 20.2 Å². The topological polar surface area (TPSA) is 78.8 Å². The maximum Gasteiger partial charge on any atom is 0.183 e. The highest BCUT2D eigenvalue weighted by atomic mass is 79.9.